The van der Waals surface area contributed by atoms with Gasteiger partial charge >= 0.3 is 0 Å². The Morgan fingerprint density at radius 1 is 1.13 bits per heavy atom. The van der Waals surface area contributed by atoms with Crippen molar-refractivity contribution in [1.82, 2.24) is 10.2 Å². The monoisotopic (exact) mass is 446 g/mol. The number of nitrogens with one attached hydrogen (secondary N) is 2. The van der Waals surface area contributed by atoms with Crippen LogP contribution >= 0.6 is 0 Å². The van der Waals surface area contributed by atoms with Crippen molar-refractivity contribution in [3.8, 4) is 11.5 Å². The van der Waals surface area contributed by atoms with Gasteiger partial charge < -0.3 is 20.3 Å². The minimum atomic E-state index is -4.04. The molecule has 0 radical (unpaired) electrons. The molecule has 7 nitrogen and oxygen atoms in total. The Bertz CT molecular complexity index is 960. The minimum absolute atomic E-state index is 0.0795. The lowest BCUT2D eigenvalue weighted by atomic mass is 10.1. The summed E-state index contributed by atoms with van der Waals surface area (Å²) in [5.74, 6) is 0.716. The van der Waals surface area contributed by atoms with Crippen LogP contribution in [0.2, 0.25) is 0 Å². The lowest BCUT2D eigenvalue weighted by molar-refractivity contribution is 0.399. The molecule has 0 amide bonds. The van der Waals surface area contributed by atoms with Gasteiger partial charge in [0.15, 0.2) is 5.75 Å². The molecule has 0 bridgehead atoms. The number of anilines is 1. The molecule has 0 aliphatic heterocycles. The van der Waals surface area contributed by atoms with Crippen LogP contribution in [0.4, 0.5) is 5.69 Å². The fraction of sp³-hybridized carbons (Fsp3) is 0.391. The van der Waals surface area contributed by atoms with E-state index in [2.05, 4.69) is 29.0 Å². The summed E-state index contributed by atoms with van der Waals surface area (Å²) >= 11 is 0. The molecule has 2 aromatic carbocycles. The van der Waals surface area contributed by atoms with Crippen molar-refractivity contribution in [3.05, 3.63) is 54.6 Å². The number of nitrogens with two attached hydrogens (primary N) is 1. The molecular formula is C23H34N4O3S. The second-order valence-corrected chi connectivity index (χ2v) is 9.18. The average Bonchev–Trinajstić information content (AvgIpc) is 2.72. The van der Waals surface area contributed by atoms with E-state index in [9.17, 15) is 8.42 Å². The standard InChI is InChI=1S/C23H34N4O3S/c1-5-6-13-26-21-16-19(18(2)25-14-10-15-27(3)4)17-22(31(24,28)29)23(21)30-20-11-8-7-9-12-20/h7-9,11-12,16-17,25-26H,2,5-6,10,13-15H2,1,3-4H3,(H2,24,28,29). The number of sulfonamides is 1. The number of primary sulfonamides is 1. The molecule has 0 aliphatic carbocycles. The van der Waals surface area contributed by atoms with Gasteiger partial charge in [-0.05, 0) is 57.7 Å². The van der Waals surface area contributed by atoms with Crippen LogP contribution in [-0.4, -0.2) is 47.0 Å². The molecule has 0 saturated heterocycles. The maximum Gasteiger partial charge on any atom is 0.241 e. The number of benzene rings is 2. The first-order chi connectivity index (χ1) is 14.7. The van der Waals surface area contributed by atoms with E-state index in [0.29, 0.717) is 29.2 Å². The van der Waals surface area contributed by atoms with Gasteiger partial charge in [-0.2, -0.15) is 0 Å². The van der Waals surface area contributed by atoms with Crippen LogP contribution in [-0.2, 0) is 10.0 Å². The number of hydrogen-bond donors (Lipinski definition) is 3. The number of rotatable bonds is 13. The van der Waals surface area contributed by atoms with Gasteiger partial charge in [0.05, 0.1) is 5.69 Å². The summed E-state index contributed by atoms with van der Waals surface area (Å²) in [6, 6.07) is 12.4. The van der Waals surface area contributed by atoms with Gasteiger partial charge in [-0.1, -0.05) is 38.1 Å². The predicted octanol–water partition coefficient (Wildman–Crippen LogP) is 3.85. The van der Waals surface area contributed by atoms with E-state index in [1.54, 1.807) is 12.1 Å². The van der Waals surface area contributed by atoms with Crippen molar-refractivity contribution in [2.75, 3.05) is 39.0 Å². The third-order valence-corrected chi connectivity index (χ3v) is 5.56. The lowest BCUT2D eigenvalue weighted by Gasteiger charge is -2.19. The SMILES string of the molecule is C=C(NCCCN(C)C)c1cc(NCCCC)c(Oc2ccccc2)c(S(N)(=O)=O)c1. The summed E-state index contributed by atoms with van der Waals surface area (Å²) in [5.41, 5.74) is 1.84. The van der Waals surface area contributed by atoms with E-state index in [1.165, 1.54) is 6.07 Å². The zero-order chi connectivity index (χ0) is 22.9. The Morgan fingerprint density at radius 3 is 2.45 bits per heavy atom. The van der Waals surface area contributed by atoms with Crippen molar-refractivity contribution >= 4 is 21.4 Å². The molecule has 170 valence electrons. The summed E-state index contributed by atoms with van der Waals surface area (Å²) in [5, 5.41) is 12.1. The Labute approximate surface area is 186 Å². The van der Waals surface area contributed by atoms with E-state index in [1.807, 2.05) is 38.4 Å². The quantitative estimate of drug-likeness (QED) is 0.405. The van der Waals surface area contributed by atoms with Crippen LogP contribution in [0.5, 0.6) is 11.5 Å². The van der Waals surface area contributed by atoms with E-state index in [4.69, 9.17) is 9.88 Å². The predicted molar refractivity (Wildman–Crippen MR) is 128 cm³/mol. The molecule has 0 atom stereocenters. The molecular weight excluding hydrogens is 412 g/mol. The highest BCUT2D eigenvalue weighted by Gasteiger charge is 2.22. The summed E-state index contributed by atoms with van der Waals surface area (Å²) in [6.45, 7) is 8.52. The molecule has 0 spiro atoms. The fourth-order valence-corrected chi connectivity index (χ4v) is 3.67. The Kier molecular flexibility index (Phi) is 9.36. The normalized spacial score (nSPS) is 11.4. The molecule has 0 fully saturated rings. The Hall–Kier alpha value is -2.55. The largest absolute Gasteiger partial charge is 0.454 e. The number of hydrogen-bond acceptors (Lipinski definition) is 6. The van der Waals surface area contributed by atoms with Crippen molar-refractivity contribution in [3.63, 3.8) is 0 Å². The maximum atomic E-state index is 12.5. The molecule has 0 aliphatic rings. The third kappa shape index (κ3) is 7.90. The van der Waals surface area contributed by atoms with E-state index in [-0.39, 0.29) is 10.6 Å². The van der Waals surface area contributed by atoms with Crippen molar-refractivity contribution < 1.29 is 13.2 Å². The number of unbranched alkanes of at least 4 members (excludes halogenated alkanes) is 1. The first kappa shape index (κ1) is 24.7. The van der Waals surface area contributed by atoms with Crippen LogP contribution in [0, 0.1) is 0 Å². The summed E-state index contributed by atoms with van der Waals surface area (Å²) in [7, 11) is 0.00185. The molecule has 2 aromatic rings. The van der Waals surface area contributed by atoms with E-state index < -0.39 is 10.0 Å². The Morgan fingerprint density at radius 2 is 1.84 bits per heavy atom. The van der Waals surface area contributed by atoms with Crippen molar-refractivity contribution in [1.29, 1.82) is 0 Å². The second kappa shape index (κ2) is 11.7. The minimum Gasteiger partial charge on any atom is -0.454 e. The first-order valence-electron chi connectivity index (χ1n) is 10.5. The highest BCUT2D eigenvalue weighted by atomic mass is 32.2. The molecule has 0 aromatic heterocycles. The van der Waals surface area contributed by atoms with Gasteiger partial charge in [-0.3, -0.25) is 0 Å². The fourth-order valence-electron chi connectivity index (χ4n) is 2.97. The van der Waals surface area contributed by atoms with E-state index in [0.717, 1.165) is 32.4 Å². The number of ether oxygens (including phenoxy) is 1. The summed E-state index contributed by atoms with van der Waals surface area (Å²) in [6.07, 6.45) is 2.87. The highest BCUT2D eigenvalue weighted by Crippen LogP contribution is 2.38. The van der Waals surface area contributed by atoms with Gasteiger partial charge in [-0.25, -0.2) is 13.6 Å². The highest BCUT2D eigenvalue weighted by molar-refractivity contribution is 7.89. The third-order valence-electron chi connectivity index (χ3n) is 4.64. The van der Waals surface area contributed by atoms with Gasteiger partial charge in [0.25, 0.3) is 0 Å². The van der Waals surface area contributed by atoms with Crippen molar-refractivity contribution in [2.45, 2.75) is 31.1 Å². The Balaban J connectivity index is 2.41. The average molecular weight is 447 g/mol. The van der Waals surface area contributed by atoms with Crippen LogP contribution in [0.25, 0.3) is 5.70 Å². The molecule has 2 rings (SSSR count). The smallest absolute Gasteiger partial charge is 0.241 e. The second-order valence-electron chi connectivity index (χ2n) is 7.65. The molecule has 0 heterocycles. The first-order valence-corrected chi connectivity index (χ1v) is 12.0. The van der Waals surface area contributed by atoms with Crippen LogP contribution in [0.1, 0.15) is 31.7 Å². The zero-order valence-electron chi connectivity index (χ0n) is 18.6. The molecule has 0 saturated carbocycles. The number of nitrogens with zero attached hydrogens (tertiary/aromatic N) is 1. The summed E-state index contributed by atoms with van der Waals surface area (Å²) in [4.78, 5) is 2.03. The van der Waals surface area contributed by atoms with Crippen molar-refractivity contribution in [2.24, 2.45) is 5.14 Å². The molecule has 31 heavy (non-hydrogen) atoms. The van der Waals surface area contributed by atoms with Crippen LogP contribution in [0.15, 0.2) is 53.9 Å². The molecule has 0 unspecified atom stereocenters. The lowest BCUT2D eigenvalue weighted by Crippen LogP contribution is -2.21. The van der Waals surface area contributed by atoms with Gasteiger partial charge in [-0.15, -0.1) is 0 Å². The molecule has 8 heteroatoms. The topological polar surface area (TPSA) is 96.7 Å². The van der Waals surface area contributed by atoms with Crippen LogP contribution < -0.4 is 20.5 Å². The molecule has 4 N–H and O–H groups in total. The zero-order valence-corrected chi connectivity index (χ0v) is 19.5. The van der Waals surface area contributed by atoms with Gasteiger partial charge in [0.2, 0.25) is 10.0 Å². The maximum absolute atomic E-state index is 12.5. The van der Waals surface area contributed by atoms with Crippen LogP contribution in [0.3, 0.4) is 0 Å². The number of para-hydroxylation sites is 1. The summed E-state index contributed by atoms with van der Waals surface area (Å²) < 4.78 is 30.9. The van der Waals surface area contributed by atoms with Gasteiger partial charge in [0.1, 0.15) is 10.6 Å². The van der Waals surface area contributed by atoms with Gasteiger partial charge in [0, 0.05) is 24.4 Å². The van der Waals surface area contributed by atoms with E-state index >= 15 is 0 Å².